The van der Waals surface area contributed by atoms with Gasteiger partial charge in [-0.05, 0) is 35.7 Å². The van der Waals surface area contributed by atoms with Gasteiger partial charge in [0.1, 0.15) is 0 Å². The zero-order valence-corrected chi connectivity index (χ0v) is 13.8. The number of amides is 1. The van der Waals surface area contributed by atoms with Crippen LogP contribution in [-0.2, 0) is 6.54 Å². The van der Waals surface area contributed by atoms with Crippen molar-refractivity contribution in [2.45, 2.75) is 26.3 Å². The molecule has 3 aromatic rings. The molecule has 0 saturated heterocycles. The molecule has 0 spiro atoms. The van der Waals surface area contributed by atoms with E-state index < -0.39 is 0 Å². The largest absolute Gasteiger partial charge is 0.347 e. The lowest BCUT2D eigenvalue weighted by atomic mass is 10.1. The molecule has 1 amide bonds. The van der Waals surface area contributed by atoms with E-state index in [0.717, 1.165) is 16.9 Å². The van der Waals surface area contributed by atoms with Crippen molar-refractivity contribution >= 4 is 5.91 Å². The highest BCUT2D eigenvalue weighted by Crippen LogP contribution is 2.20. The van der Waals surface area contributed by atoms with Crippen molar-refractivity contribution in [1.82, 2.24) is 20.1 Å². The summed E-state index contributed by atoms with van der Waals surface area (Å²) in [5.41, 5.74) is 3.34. The van der Waals surface area contributed by atoms with E-state index in [-0.39, 0.29) is 11.8 Å². The molecular formula is C19H20N4O. The van der Waals surface area contributed by atoms with Crippen molar-refractivity contribution in [3.05, 3.63) is 77.9 Å². The van der Waals surface area contributed by atoms with E-state index in [9.17, 15) is 4.79 Å². The Bertz CT molecular complexity index is 810. The maximum absolute atomic E-state index is 12.4. The normalized spacial score (nSPS) is 10.8. The van der Waals surface area contributed by atoms with E-state index in [1.54, 1.807) is 12.4 Å². The molecule has 1 N–H and O–H groups in total. The molecular weight excluding hydrogens is 300 g/mol. The maximum Gasteiger partial charge on any atom is 0.272 e. The maximum atomic E-state index is 12.4. The SMILES string of the molecule is CC(C)c1cc(C(=O)NCc2cccnc2)nn1-c1ccccc1. The lowest BCUT2D eigenvalue weighted by Gasteiger charge is -2.09. The van der Waals surface area contributed by atoms with Crippen molar-refractivity contribution in [3.8, 4) is 5.69 Å². The summed E-state index contributed by atoms with van der Waals surface area (Å²) in [5, 5.41) is 7.39. The third kappa shape index (κ3) is 3.51. The second kappa shape index (κ2) is 7.08. The van der Waals surface area contributed by atoms with Crippen LogP contribution in [0.3, 0.4) is 0 Å². The van der Waals surface area contributed by atoms with Gasteiger partial charge in [0, 0.05) is 24.6 Å². The van der Waals surface area contributed by atoms with Crippen molar-refractivity contribution in [2.24, 2.45) is 0 Å². The molecule has 0 saturated carbocycles. The summed E-state index contributed by atoms with van der Waals surface area (Å²) in [5.74, 6) is 0.0769. The Kier molecular flexibility index (Phi) is 4.70. The zero-order valence-electron chi connectivity index (χ0n) is 13.8. The topological polar surface area (TPSA) is 59.8 Å². The predicted octanol–water partition coefficient (Wildman–Crippen LogP) is 3.32. The molecule has 122 valence electrons. The fourth-order valence-electron chi connectivity index (χ4n) is 2.47. The number of carbonyl (C=O) groups is 1. The quantitative estimate of drug-likeness (QED) is 0.784. The summed E-state index contributed by atoms with van der Waals surface area (Å²) in [7, 11) is 0. The molecule has 0 fully saturated rings. The molecule has 0 radical (unpaired) electrons. The standard InChI is InChI=1S/C19H20N4O/c1-14(2)18-11-17(22-23(18)16-8-4-3-5-9-16)19(24)21-13-15-7-6-10-20-12-15/h3-12,14H,13H2,1-2H3,(H,21,24). The summed E-state index contributed by atoms with van der Waals surface area (Å²) >= 11 is 0. The third-order valence-electron chi connectivity index (χ3n) is 3.74. The first kappa shape index (κ1) is 15.9. The Hall–Kier alpha value is -2.95. The van der Waals surface area contributed by atoms with Gasteiger partial charge in [0.05, 0.1) is 5.69 Å². The first-order chi connectivity index (χ1) is 11.6. The minimum Gasteiger partial charge on any atom is -0.347 e. The van der Waals surface area contributed by atoms with Crippen molar-refractivity contribution in [2.75, 3.05) is 0 Å². The van der Waals surface area contributed by atoms with Crippen molar-refractivity contribution in [1.29, 1.82) is 0 Å². The van der Waals surface area contributed by atoms with E-state index in [1.165, 1.54) is 0 Å². The van der Waals surface area contributed by atoms with Gasteiger partial charge in [0.15, 0.2) is 5.69 Å². The Morgan fingerprint density at radius 3 is 2.62 bits per heavy atom. The lowest BCUT2D eigenvalue weighted by molar-refractivity contribution is 0.0945. The number of carbonyl (C=O) groups excluding carboxylic acids is 1. The second-order valence-electron chi connectivity index (χ2n) is 5.90. The number of rotatable bonds is 5. The van der Waals surface area contributed by atoms with Gasteiger partial charge in [-0.15, -0.1) is 0 Å². The van der Waals surface area contributed by atoms with Gasteiger partial charge in [-0.3, -0.25) is 9.78 Å². The first-order valence-electron chi connectivity index (χ1n) is 7.97. The van der Waals surface area contributed by atoms with Gasteiger partial charge in [-0.1, -0.05) is 38.1 Å². The van der Waals surface area contributed by atoms with Crippen LogP contribution < -0.4 is 5.32 Å². The van der Waals surface area contributed by atoms with Crippen LogP contribution in [0.15, 0.2) is 60.9 Å². The number of aromatic nitrogens is 3. The van der Waals surface area contributed by atoms with E-state index in [0.29, 0.717) is 12.2 Å². The molecule has 0 aliphatic carbocycles. The minimum absolute atomic E-state index is 0.185. The summed E-state index contributed by atoms with van der Waals surface area (Å²) < 4.78 is 1.84. The smallest absolute Gasteiger partial charge is 0.272 e. The number of hydrogen-bond acceptors (Lipinski definition) is 3. The van der Waals surface area contributed by atoms with Gasteiger partial charge in [-0.2, -0.15) is 5.10 Å². The molecule has 3 rings (SSSR count). The van der Waals surface area contributed by atoms with Crippen LogP contribution in [0.4, 0.5) is 0 Å². The Labute approximate surface area is 141 Å². The molecule has 2 aromatic heterocycles. The lowest BCUT2D eigenvalue weighted by Crippen LogP contribution is -2.23. The summed E-state index contributed by atoms with van der Waals surface area (Å²) in [6.45, 7) is 4.61. The average Bonchev–Trinajstić information content (AvgIpc) is 3.07. The summed E-state index contributed by atoms with van der Waals surface area (Å²) in [6, 6.07) is 15.5. The van der Waals surface area contributed by atoms with Crippen molar-refractivity contribution < 1.29 is 4.79 Å². The molecule has 0 aliphatic rings. The van der Waals surface area contributed by atoms with E-state index in [1.807, 2.05) is 53.2 Å². The fraction of sp³-hybridized carbons (Fsp3) is 0.211. The minimum atomic E-state index is -0.185. The Morgan fingerprint density at radius 1 is 1.17 bits per heavy atom. The molecule has 5 nitrogen and oxygen atoms in total. The second-order valence-corrected chi connectivity index (χ2v) is 5.90. The van der Waals surface area contributed by atoms with Crippen molar-refractivity contribution in [3.63, 3.8) is 0 Å². The van der Waals surface area contributed by atoms with Gasteiger partial charge in [0.25, 0.3) is 5.91 Å². The summed E-state index contributed by atoms with van der Waals surface area (Å²) in [6.07, 6.45) is 3.45. The van der Waals surface area contributed by atoms with Crippen LogP contribution in [0.5, 0.6) is 0 Å². The van der Waals surface area contributed by atoms with Gasteiger partial charge >= 0.3 is 0 Å². The van der Waals surface area contributed by atoms with Crippen LogP contribution in [0.25, 0.3) is 5.69 Å². The molecule has 0 aliphatic heterocycles. The number of benzene rings is 1. The zero-order chi connectivity index (χ0) is 16.9. The van der Waals surface area contributed by atoms with E-state index in [2.05, 4.69) is 29.2 Å². The monoisotopic (exact) mass is 320 g/mol. The van der Waals surface area contributed by atoms with Gasteiger partial charge in [-0.25, -0.2) is 4.68 Å². The number of nitrogens with zero attached hydrogens (tertiary/aromatic N) is 3. The number of pyridine rings is 1. The number of para-hydroxylation sites is 1. The number of hydrogen-bond donors (Lipinski definition) is 1. The van der Waals surface area contributed by atoms with E-state index in [4.69, 9.17) is 0 Å². The molecule has 5 heteroatoms. The van der Waals surface area contributed by atoms with Crippen LogP contribution in [0, 0.1) is 0 Å². The molecule has 1 aromatic carbocycles. The number of nitrogens with one attached hydrogen (secondary N) is 1. The highest BCUT2D eigenvalue weighted by molar-refractivity contribution is 5.92. The predicted molar refractivity (Wildman–Crippen MR) is 93.1 cm³/mol. The highest BCUT2D eigenvalue weighted by Gasteiger charge is 2.17. The van der Waals surface area contributed by atoms with Gasteiger partial charge < -0.3 is 5.32 Å². The molecule has 2 heterocycles. The van der Waals surface area contributed by atoms with E-state index >= 15 is 0 Å². The molecule has 0 unspecified atom stereocenters. The van der Waals surface area contributed by atoms with Crippen LogP contribution >= 0.6 is 0 Å². The average molecular weight is 320 g/mol. The molecule has 0 bridgehead atoms. The van der Waals surface area contributed by atoms with Crippen LogP contribution in [0.2, 0.25) is 0 Å². The Morgan fingerprint density at radius 2 is 1.96 bits per heavy atom. The summed E-state index contributed by atoms with van der Waals surface area (Å²) in [4.78, 5) is 16.5. The first-order valence-corrected chi connectivity index (χ1v) is 7.97. The fourth-order valence-corrected chi connectivity index (χ4v) is 2.47. The molecule has 24 heavy (non-hydrogen) atoms. The van der Waals surface area contributed by atoms with Crippen LogP contribution in [0.1, 0.15) is 41.5 Å². The third-order valence-corrected chi connectivity index (χ3v) is 3.74. The van der Waals surface area contributed by atoms with Crippen LogP contribution in [-0.4, -0.2) is 20.7 Å². The van der Waals surface area contributed by atoms with Gasteiger partial charge in [0.2, 0.25) is 0 Å². The molecule has 0 atom stereocenters. The highest BCUT2D eigenvalue weighted by atomic mass is 16.1. The Balaban J connectivity index is 1.82.